The summed E-state index contributed by atoms with van der Waals surface area (Å²) in [5.41, 5.74) is 4.39. The molecule has 6 aromatic carbocycles. The Hall–Kier alpha value is -5.77. The zero-order chi connectivity index (χ0) is 30.7. The van der Waals surface area contributed by atoms with Crippen LogP contribution < -0.4 is 16.2 Å². The lowest BCUT2D eigenvalue weighted by Gasteiger charge is -2.20. The molecular formula is C40H27N4OP. The van der Waals surface area contributed by atoms with Gasteiger partial charge in [-0.1, -0.05) is 133 Å². The molecule has 0 unspecified atom stereocenters. The lowest BCUT2D eigenvalue weighted by molar-refractivity contribution is 0.591. The molecule has 46 heavy (non-hydrogen) atoms. The van der Waals surface area contributed by atoms with Crippen molar-refractivity contribution in [1.82, 2.24) is 19.1 Å². The summed E-state index contributed by atoms with van der Waals surface area (Å²) in [7, 11) is -3.52. The predicted molar refractivity (Wildman–Crippen MR) is 190 cm³/mol. The van der Waals surface area contributed by atoms with Crippen LogP contribution in [0.5, 0.6) is 0 Å². The lowest BCUT2D eigenvalue weighted by Crippen LogP contribution is -2.30. The molecule has 6 heteroatoms. The minimum Gasteiger partial charge on any atom is -0.305 e. The van der Waals surface area contributed by atoms with E-state index in [0.717, 1.165) is 43.6 Å². The monoisotopic (exact) mass is 610 g/mol. The van der Waals surface area contributed by atoms with Crippen molar-refractivity contribution in [3.63, 3.8) is 0 Å². The molecule has 3 aromatic heterocycles. The van der Waals surface area contributed by atoms with Crippen LogP contribution in [-0.2, 0) is 4.57 Å². The molecule has 0 bridgehead atoms. The molecule has 0 N–H and O–H groups in total. The highest BCUT2D eigenvalue weighted by atomic mass is 31.2. The second kappa shape index (κ2) is 10.4. The fraction of sp³-hybridized carbons (Fsp3) is 0. The van der Waals surface area contributed by atoms with Crippen LogP contribution in [0.3, 0.4) is 0 Å². The number of rotatable bonds is 5. The average molecular weight is 611 g/mol. The van der Waals surface area contributed by atoms with E-state index in [4.69, 9.17) is 9.97 Å². The minimum absolute atomic E-state index is 0.293. The first-order valence-electron chi connectivity index (χ1n) is 15.3. The van der Waals surface area contributed by atoms with E-state index in [1.54, 1.807) is 0 Å². The van der Waals surface area contributed by atoms with E-state index in [-0.39, 0.29) is 0 Å². The second-order valence-electron chi connectivity index (χ2n) is 11.4. The first-order chi connectivity index (χ1) is 22.7. The minimum atomic E-state index is -3.52. The van der Waals surface area contributed by atoms with Crippen molar-refractivity contribution in [2.45, 2.75) is 0 Å². The van der Waals surface area contributed by atoms with Crippen LogP contribution in [0.4, 0.5) is 0 Å². The number of para-hydroxylation sites is 4. The summed E-state index contributed by atoms with van der Waals surface area (Å²) in [4.78, 5) is 10.5. The van der Waals surface area contributed by atoms with E-state index >= 15 is 4.57 Å². The van der Waals surface area contributed by atoms with Gasteiger partial charge in [-0.2, -0.15) is 0 Å². The molecule has 0 fully saturated rings. The van der Waals surface area contributed by atoms with E-state index in [0.29, 0.717) is 27.8 Å². The molecule has 0 aliphatic heterocycles. The van der Waals surface area contributed by atoms with E-state index in [9.17, 15) is 0 Å². The Morgan fingerprint density at radius 1 is 0.391 bits per heavy atom. The molecule has 5 nitrogen and oxygen atoms in total. The first kappa shape index (κ1) is 26.6. The Balaban J connectivity index is 1.45. The molecule has 218 valence electrons. The van der Waals surface area contributed by atoms with E-state index in [1.165, 1.54) is 0 Å². The second-order valence-corrected chi connectivity index (χ2v) is 14.1. The van der Waals surface area contributed by atoms with Gasteiger partial charge in [-0.05, 0) is 24.3 Å². The topological polar surface area (TPSA) is 52.7 Å². The van der Waals surface area contributed by atoms with Gasteiger partial charge in [0.1, 0.15) is 11.6 Å². The highest BCUT2D eigenvalue weighted by Crippen LogP contribution is 2.42. The molecule has 0 saturated heterocycles. The lowest BCUT2D eigenvalue weighted by atomic mass is 10.2. The zero-order valence-corrected chi connectivity index (χ0v) is 25.6. The third kappa shape index (κ3) is 3.92. The van der Waals surface area contributed by atoms with Gasteiger partial charge >= 0.3 is 0 Å². The zero-order valence-electron chi connectivity index (χ0n) is 24.7. The SMILES string of the molecule is O=P(c1ccccc1)(c1ccccc1)c1nc(-n2c3ccccc3c3ccccc32)cc(-n2c3ccccc3c3ccccc32)n1. The number of aromatic nitrogens is 4. The first-order valence-corrected chi connectivity index (χ1v) is 17.0. The van der Waals surface area contributed by atoms with Crippen molar-refractivity contribution in [1.29, 1.82) is 0 Å². The normalized spacial score (nSPS) is 12.0. The Bertz CT molecular complexity index is 2340. The summed E-state index contributed by atoms with van der Waals surface area (Å²) in [6, 6.07) is 54.8. The van der Waals surface area contributed by atoms with Crippen LogP contribution in [0, 0.1) is 0 Å². The van der Waals surface area contributed by atoms with Crippen LogP contribution >= 0.6 is 7.14 Å². The van der Waals surface area contributed by atoms with Gasteiger partial charge in [-0.25, -0.2) is 9.97 Å². The molecule has 0 spiro atoms. The van der Waals surface area contributed by atoms with Crippen LogP contribution in [0.25, 0.3) is 55.2 Å². The molecule has 9 rings (SSSR count). The smallest absolute Gasteiger partial charge is 0.206 e. The summed E-state index contributed by atoms with van der Waals surface area (Å²) < 4.78 is 20.1. The maximum Gasteiger partial charge on any atom is 0.206 e. The van der Waals surface area contributed by atoms with Gasteiger partial charge in [0.15, 0.2) is 0 Å². The Morgan fingerprint density at radius 3 is 1.04 bits per heavy atom. The van der Waals surface area contributed by atoms with Crippen molar-refractivity contribution in [2.75, 3.05) is 0 Å². The van der Waals surface area contributed by atoms with Crippen molar-refractivity contribution >= 4 is 66.9 Å². The highest BCUT2D eigenvalue weighted by molar-refractivity contribution is 7.84. The summed E-state index contributed by atoms with van der Waals surface area (Å²) in [5.74, 6) is 1.32. The summed E-state index contributed by atoms with van der Waals surface area (Å²) in [6.45, 7) is 0. The molecule has 0 saturated carbocycles. The molecule has 0 amide bonds. The number of benzene rings is 6. The Morgan fingerprint density at radius 2 is 0.696 bits per heavy atom. The van der Waals surface area contributed by atoms with Gasteiger partial charge in [-0.3, -0.25) is 9.13 Å². The maximum absolute atomic E-state index is 15.8. The number of fused-ring (bicyclic) bond motifs is 6. The average Bonchev–Trinajstić information content (AvgIpc) is 3.65. The van der Waals surface area contributed by atoms with Gasteiger partial charge in [0, 0.05) is 38.2 Å². The number of nitrogens with zero attached hydrogens (tertiary/aromatic N) is 4. The Labute approximate surface area is 265 Å². The molecule has 0 atom stereocenters. The van der Waals surface area contributed by atoms with Crippen molar-refractivity contribution in [3.05, 3.63) is 164 Å². The molecule has 9 aromatic rings. The van der Waals surface area contributed by atoms with Crippen LogP contribution in [0.15, 0.2) is 164 Å². The maximum atomic E-state index is 15.8. The predicted octanol–water partition coefficient (Wildman–Crippen LogP) is 8.31. The Kier molecular flexibility index (Phi) is 6.02. The molecular weight excluding hydrogens is 583 g/mol. The summed E-state index contributed by atoms with van der Waals surface area (Å²) in [6.07, 6.45) is 0. The highest BCUT2D eigenvalue weighted by Gasteiger charge is 2.34. The largest absolute Gasteiger partial charge is 0.305 e. The third-order valence-corrected chi connectivity index (χ3v) is 11.6. The van der Waals surface area contributed by atoms with Crippen LogP contribution in [0.1, 0.15) is 0 Å². The fourth-order valence-electron chi connectivity index (χ4n) is 6.77. The molecule has 0 aliphatic carbocycles. The van der Waals surface area contributed by atoms with E-state index in [1.807, 2.05) is 91.0 Å². The van der Waals surface area contributed by atoms with Gasteiger partial charge < -0.3 is 4.57 Å². The fourth-order valence-corrected chi connectivity index (χ4v) is 9.20. The molecule has 0 radical (unpaired) electrons. The number of hydrogen-bond acceptors (Lipinski definition) is 3. The third-order valence-electron chi connectivity index (χ3n) is 8.83. The van der Waals surface area contributed by atoms with Crippen LogP contribution in [0.2, 0.25) is 0 Å². The van der Waals surface area contributed by atoms with Crippen LogP contribution in [-0.4, -0.2) is 19.1 Å². The van der Waals surface area contributed by atoms with Crippen molar-refractivity contribution < 1.29 is 4.57 Å². The van der Waals surface area contributed by atoms with Gasteiger partial charge in [-0.15, -0.1) is 0 Å². The quantitative estimate of drug-likeness (QED) is 0.184. The number of hydrogen-bond donors (Lipinski definition) is 0. The molecule has 3 heterocycles. The summed E-state index contributed by atoms with van der Waals surface area (Å²) >= 11 is 0. The van der Waals surface area contributed by atoms with Gasteiger partial charge in [0.05, 0.1) is 22.1 Å². The standard InChI is InChI=1S/C40H27N4OP/c45-46(28-15-3-1-4-16-28,29-17-5-2-6-18-29)40-41-38(43-34-23-11-7-19-30(34)31-20-8-12-24-35(31)43)27-39(42-40)44-36-25-13-9-21-32(36)33-22-10-14-26-37(33)44/h1-27H. The van der Waals surface area contributed by atoms with Crippen molar-refractivity contribution in [2.24, 2.45) is 0 Å². The van der Waals surface area contributed by atoms with E-state index in [2.05, 4.69) is 81.9 Å². The summed E-state index contributed by atoms with van der Waals surface area (Å²) in [5, 5.41) is 5.90. The van der Waals surface area contributed by atoms with Gasteiger partial charge in [0.2, 0.25) is 12.7 Å². The van der Waals surface area contributed by atoms with Gasteiger partial charge in [0.25, 0.3) is 0 Å². The molecule has 0 aliphatic rings. The van der Waals surface area contributed by atoms with E-state index < -0.39 is 7.14 Å². The van der Waals surface area contributed by atoms with Crippen molar-refractivity contribution in [3.8, 4) is 11.6 Å².